The van der Waals surface area contributed by atoms with Crippen LogP contribution in [0.1, 0.15) is 62.3 Å². The molecule has 0 fully saturated rings. The zero-order chi connectivity index (χ0) is 31.4. The van der Waals surface area contributed by atoms with Crippen LogP contribution in [0.15, 0.2) is 67.4 Å². The van der Waals surface area contributed by atoms with E-state index in [1.807, 2.05) is 74.5 Å². The molecule has 5 aromatic rings. The monoisotopic (exact) mass is 599 g/mol. The van der Waals surface area contributed by atoms with Crippen molar-refractivity contribution in [3.8, 4) is 34.7 Å². The van der Waals surface area contributed by atoms with E-state index in [-0.39, 0.29) is 17.9 Å². The average molecular weight is 600 g/mol. The number of halogens is 3. The van der Waals surface area contributed by atoms with E-state index in [0.717, 1.165) is 28.7 Å². The van der Waals surface area contributed by atoms with Crippen LogP contribution in [-0.4, -0.2) is 45.8 Å². The third-order valence-corrected chi connectivity index (χ3v) is 6.77. The maximum atomic E-state index is 13.4. The zero-order valence-corrected chi connectivity index (χ0v) is 25.1. The van der Waals surface area contributed by atoms with Gasteiger partial charge in [0.2, 0.25) is 5.95 Å². The minimum Gasteiger partial charge on any atom is -0.328 e. The van der Waals surface area contributed by atoms with Gasteiger partial charge in [-0.25, -0.2) is 15.0 Å². The van der Waals surface area contributed by atoms with E-state index >= 15 is 0 Å². The smallest absolute Gasteiger partial charge is 0.328 e. The van der Waals surface area contributed by atoms with Gasteiger partial charge in [-0.05, 0) is 58.4 Å². The highest BCUT2D eigenvalue weighted by Crippen LogP contribution is 2.33. The van der Waals surface area contributed by atoms with E-state index in [1.165, 1.54) is 10.9 Å². The van der Waals surface area contributed by atoms with Gasteiger partial charge in [-0.15, -0.1) is 0 Å². The highest BCUT2D eigenvalue weighted by Gasteiger charge is 2.35. The number of imidazole rings is 1. The van der Waals surface area contributed by atoms with Gasteiger partial charge in [0.05, 0.1) is 12.2 Å². The molecule has 4 heterocycles. The predicted octanol–water partition coefficient (Wildman–Crippen LogP) is 6.54. The van der Waals surface area contributed by atoms with Gasteiger partial charge in [-0.3, -0.25) is 9.67 Å². The van der Waals surface area contributed by atoms with E-state index in [0.29, 0.717) is 30.4 Å². The molecule has 0 saturated heterocycles. The van der Waals surface area contributed by atoms with Crippen LogP contribution in [0.25, 0.3) is 22.9 Å². The third-order valence-electron chi connectivity index (χ3n) is 6.77. The normalized spacial score (nSPS) is 11.6. The lowest BCUT2D eigenvalue weighted by Gasteiger charge is -2.21. The van der Waals surface area contributed by atoms with Crippen LogP contribution in [0.5, 0.6) is 0 Å². The largest absolute Gasteiger partial charge is 0.434 e. The molecule has 0 bridgehead atoms. The molecule has 5 rings (SSSR count). The molecule has 9 nitrogen and oxygen atoms in total. The third kappa shape index (κ3) is 6.94. The molecule has 0 atom stereocenters. The van der Waals surface area contributed by atoms with Crippen LogP contribution < -0.4 is 4.90 Å². The summed E-state index contributed by atoms with van der Waals surface area (Å²) in [4.78, 5) is 23.6. The van der Waals surface area contributed by atoms with E-state index in [4.69, 9.17) is 4.98 Å². The quantitative estimate of drug-likeness (QED) is 0.187. The number of alkyl halides is 3. The lowest BCUT2D eigenvalue weighted by molar-refractivity contribution is -0.140. The fourth-order valence-corrected chi connectivity index (χ4v) is 4.63. The van der Waals surface area contributed by atoms with Crippen LogP contribution in [0.4, 0.5) is 19.1 Å². The van der Waals surface area contributed by atoms with Crippen LogP contribution in [0.2, 0.25) is 0 Å². The molecule has 0 amide bonds. The zero-order valence-electron chi connectivity index (χ0n) is 25.1. The molecule has 0 unspecified atom stereocenters. The van der Waals surface area contributed by atoms with Crippen LogP contribution in [0, 0.1) is 18.8 Å². The fourth-order valence-electron chi connectivity index (χ4n) is 4.63. The number of aromatic nitrogens is 8. The van der Waals surface area contributed by atoms with E-state index in [2.05, 4.69) is 36.9 Å². The average Bonchev–Trinajstić information content (AvgIpc) is 3.63. The number of pyridine rings is 1. The molecule has 0 aliphatic carbocycles. The van der Waals surface area contributed by atoms with Crippen LogP contribution in [-0.2, 0) is 12.7 Å². The molecule has 226 valence electrons. The second-order valence-electron chi connectivity index (χ2n) is 10.9. The SMILES string of the molecule is Cc1cc(-c2ncnc(N(CC#Cc3ccncc3)Cc3ccc(-c4nc(C(F)(F)F)cn4C(C)C)cc3)n2)n(C(C)C)n1. The lowest BCUT2D eigenvalue weighted by atomic mass is 10.1. The van der Waals surface area contributed by atoms with Gasteiger partial charge >= 0.3 is 6.18 Å². The van der Waals surface area contributed by atoms with Crippen molar-refractivity contribution >= 4 is 5.95 Å². The Morgan fingerprint density at radius 2 is 1.66 bits per heavy atom. The van der Waals surface area contributed by atoms with Crippen molar-refractivity contribution in [2.45, 2.75) is 59.4 Å². The highest BCUT2D eigenvalue weighted by molar-refractivity contribution is 5.58. The molecule has 0 saturated carbocycles. The van der Waals surface area contributed by atoms with Gasteiger partial charge < -0.3 is 9.47 Å². The lowest BCUT2D eigenvalue weighted by Crippen LogP contribution is -2.25. The van der Waals surface area contributed by atoms with Gasteiger partial charge in [0.25, 0.3) is 0 Å². The minimum atomic E-state index is -4.53. The summed E-state index contributed by atoms with van der Waals surface area (Å²) in [6.07, 6.45) is 1.37. The first kappa shape index (κ1) is 30.4. The molecule has 44 heavy (non-hydrogen) atoms. The van der Waals surface area contributed by atoms with Gasteiger partial charge in [0, 0.05) is 48.3 Å². The molecular weight excluding hydrogens is 567 g/mol. The summed E-state index contributed by atoms with van der Waals surface area (Å²) in [5, 5.41) is 4.58. The summed E-state index contributed by atoms with van der Waals surface area (Å²) in [5.74, 6) is 7.53. The number of anilines is 1. The number of hydrogen-bond donors (Lipinski definition) is 0. The maximum absolute atomic E-state index is 13.4. The van der Waals surface area contributed by atoms with Crippen molar-refractivity contribution in [3.05, 3.63) is 89.9 Å². The summed E-state index contributed by atoms with van der Waals surface area (Å²) in [6, 6.07) is 12.8. The van der Waals surface area contributed by atoms with Crippen molar-refractivity contribution in [3.63, 3.8) is 0 Å². The summed E-state index contributed by atoms with van der Waals surface area (Å²) in [5.41, 5.74) is 3.04. The first-order valence-electron chi connectivity index (χ1n) is 14.1. The molecule has 0 radical (unpaired) electrons. The van der Waals surface area contributed by atoms with Gasteiger partial charge in [0.1, 0.15) is 17.8 Å². The van der Waals surface area contributed by atoms with Crippen LogP contribution in [0.3, 0.4) is 0 Å². The number of rotatable bonds is 8. The molecule has 4 aromatic heterocycles. The van der Waals surface area contributed by atoms with Gasteiger partial charge in [-0.1, -0.05) is 36.1 Å². The van der Waals surface area contributed by atoms with Gasteiger partial charge in [-0.2, -0.15) is 23.3 Å². The fraction of sp³-hybridized carbons (Fsp3) is 0.312. The van der Waals surface area contributed by atoms with E-state index < -0.39 is 11.9 Å². The number of aryl methyl sites for hydroxylation is 1. The Bertz CT molecular complexity index is 1780. The van der Waals surface area contributed by atoms with E-state index in [1.54, 1.807) is 24.5 Å². The molecule has 0 aliphatic heterocycles. The Balaban J connectivity index is 1.47. The highest BCUT2D eigenvalue weighted by atomic mass is 19.4. The van der Waals surface area contributed by atoms with Crippen molar-refractivity contribution in [1.29, 1.82) is 0 Å². The number of hydrogen-bond acceptors (Lipinski definition) is 7. The van der Waals surface area contributed by atoms with Crippen molar-refractivity contribution < 1.29 is 13.2 Å². The van der Waals surface area contributed by atoms with Crippen molar-refractivity contribution in [2.75, 3.05) is 11.4 Å². The molecular formula is C32H32F3N9. The summed E-state index contributed by atoms with van der Waals surface area (Å²) in [6.45, 7) is 10.4. The maximum Gasteiger partial charge on any atom is 0.434 e. The number of benzene rings is 1. The van der Waals surface area contributed by atoms with Crippen molar-refractivity contribution in [1.82, 2.24) is 39.3 Å². The molecule has 12 heteroatoms. The Hall–Kier alpha value is -5.05. The topological polar surface area (TPSA) is 90.4 Å². The standard InChI is InChI=1S/C32H32F3N9/c1-21(2)43-19-28(32(33,34)35)39-30(43)26-10-8-25(9-11-26)18-42(16-6-7-24-12-14-36-15-13-24)31-38-20-37-29(40-31)27-17-23(5)41-44(27)22(3)4/h8-15,17,19-22H,16,18H2,1-5H3. The Morgan fingerprint density at radius 1 is 0.932 bits per heavy atom. The molecule has 0 N–H and O–H groups in total. The molecule has 0 aliphatic rings. The van der Waals surface area contributed by atoms with Crippen LogP contribution >= 0.6 is 0 Å². The second-order valence-corrected chi connectivity index (χ2v) is 10.9. The molecule has 0 spiro atoms. The first-order chi connectivity index (χ1) is 21.0. The summed E-state index contributed by atoms with van der Waals surface area (Å²) < 4.78 is 43.7. The van der Waals surface area contributed by atoms with Gasteiger partial charge in [0.15, 0.2) is 11.5 Å². The Labute approximate surface area is 253 Å². The summed E-state index contributed by atoms with van der Waals surface area (Å²) in [7, 11) is 0. The summed E-state index contributed by atoms with van der Waals surface area (Å²) >= 11 is 0. The van der Waals surface area contributed by atoms with Crippen molar-refractivity contribution in [2.24, 2.45) is 0 Å². The second kappa shape index (κ2) is 12.7. The number of nitrogens with zero attached hydrogens (tertiary/aromatic N) is 9. The predicted molar refractivity (Wildman–Crippen MR) is 161 cm³/mol. The Kier molecular flexibility index (Phi) is 8.76. The Morgan fingerprint density at radius 3 is 2.32 bits per heavy atom. The van der Waals surface area contributed by atoms with E-state index in [9.17, 15) is 13.2 Å². The minimum absolute atomic E-state index is 0.110. The molecule has 1 aromatic carbocycles. The first-order valence-corrected chi connectivity index (χ1v) is 14.1.